The average Bonchev–Trinajstić information content (AvgIpc) is 2.47. The first-order valence-corrected chi connectivity index (χ1v) is 6.39. The number of ether oxygens (including phenoxy) is 1. The summed E-state index contributed by atoms with van der Waals surface area (Å²) in [6.45, 7) is 2.14. The first-order valence-electron chi connectivity index (χ1n) is 6.39. The molecule has 100 valence electrons. The average molecular weight is 258 g/mol. The molecule has 1 N–H and O–H groups in total. The third kappa shape index (κ3) is 3.29. The largest absolute Gasteiger partial charge is 0.480 e. The van der Waals surface area contributed by atoms with Gasteiger partial charge in [-0.2, -0.15) is 0 Å². The zero-order chi connectivity index (χ0) is 13.7. The van der Waals surface area contributed by atoms with Crippen LogP contribution in [0, 0.1) is 0 Å². The van der Waals surface area contributed by atoms with E-state index in [-0.39, 0.29) is 0 Å². The summed E-state index contributed by atoms with van der Waals surface area (Å²) in [7, 11) is 1.54. The number of benzene rings is 1. The van der Waals surface area contributed by atoms with Crippen molar-refractivity contribution in [2.75, 3.05) is 7.11 Å². The molecule has 0 spiro atoms. The Kier molecular flexibility index (Phi) is 4.47. The molecule has 1 aromatic heterocycles. The molecule has 4 heteroatoms. The van der Waals surface area contributed by atoms with Gasteiger partial charge in [-0.05, 0) is 23.6 Å². The first-order chi connectivity index (χ1) is 9.24. The van der Waals surface area contributed by atoms with E-state index < -0.39 is 6.10 Å². The van der Waals surface area contributed by atoms with Crippen LogP contribution in [0.1, 0.15) is 36.3 Å². The fraction of sp³-hybridized carbons (Fsp3) is 0.333. The van der Waals surface area contributed by atoms with Crippen molar-refractivity contribution < 1.29 is 9.84 Å². The molecule has 1 atom stereocenters. The SMILES string of the molecule is CCCc1cccc(C(O)c2ccc(OC)nn2)c1. The monoisotopic (exact) mass is 258 g/mol. The van der Waals surface area contributed by atoms with Gasteiger partial charge < -0.3 is 9.84 Å². The molecule has 0 saturated carbocycles. The molecule has 4 nitrogen and oxygen atoms in total. The fourth-order valence-electron chi connectivity index (χ4n) is 1.96. The van der Waals surface area contributed by atoms with Crippen molar-refractivity contribution >= 4 is 0 Å². The van der Waals surface area contributed by atoms with Gasteiger partial charge in [0.15, 0.2) is 0 Å². The Labute approximate surface area is 113 Å². The molecule has 0 fully saturated rings. The first kappa shape index (κ1) is 13.5. The molecular weight excluding hydrogens is 240 g/mol. The molecule has 2 rings (SSSR count). The van der Waals surface area contributed by atoms with E-state index in [4.69, 9.17) is 4.74 Å². The van der Waals surface area contributed by atoms with Crippen molar-refractivity contribution in [3.05, 3.63) is 53.2 Å². The lowest BCUT2D eigenvalue weighted by Gasteiger charge is -2.11. The third-order valence-corrected chi connectivity index (χ3v) is 2.96. The summed E-state index contributed by atoms with van der Waals surface area (Å²) in [5, 5.41) is 18.2. The van der Waals surface area contributed by atoms with Crippen molar-refractivity contribution in [1.82, 2.24) is 10.2 Å². The van der Waals surface area contributed by atoms with E-state index in [1.165, 1.54) is 12.7 Å². The number of aromatic nitrogens is 2. The lowest BCUT2D eigenvalue weighted by Crippen LogP contribution is -2.04. The van der Waals surface area contributed by atoms with Crippen molar-refractivity contribution in [1.29, 1.82) is 0 Å². The highest BCUT2D eigenvalue weighted by atomic mass is 16.5. The van der Waals surface area contributed by atoms with E-state index in [0.717, 1.165) is 18.4 Å². The lowest BCUT2D eigenvalue weighted by molar-refractivity contribution is 0.213. The molecular formula is C15H18N2O2. The van der Waals surface area contributed by atoms with Crippen LogP contribution in [0.25, 0.3) is 0 Å². The van der Waals surface area contributed by atoms with Crippen molar-refractivity contribution in [3.8, 4) is 5.88 Å². The predicted octanol–water partition coefficient (Wildman–Crippen LogP) is 2.52. The number of rotatable bonds is 5. The summed E-state index contributed by atoms with van der Waals surface area (Å²) in [4.78, 5) is 0. The Morgan fingerprint density at radius 2 is 2.05 bits per heavy atom. The maximum Gasteiger partial charge on any atom is 0.233 e. The number of methoxy groups -OCH3 is 1. The molecule has 0 aliphatic rings. The van der Waals surface area contributed by atoms with Gasteiger partial charge in [0, 0.05) is 6.07 Å². The summed E-state index contributed by atoms with van der Waals surface area (Å²) < 4.78 is 4.95. The Hall–Kier alpha value is -1.94. The minimum Gasteiger partial charge on any atom is -0.480 e. The number of hydrogen-bond donors (Lipinski definition) is 1. The molecule has 19 heavy (non-hydrogen) atoms. The second-order valence-electron chi connectivity index (χ2n) is 4.40. The van der Waals surface area contributed by atoms with E-state index in [1.54, 1.807) is 12.1 Å². The highest BCUT2D eigenvalue weighted by Gasteiger charge is 2.13. The summed E-state index contributed by atoms with van der Waals surface area (Å²) in [6.07, 6.45) is 1.34. The van der Waals surface area contributed by atoms with Gasteiger partial charge in [0.1, 0.15) is 6.10 Å². The normalized spacial score (nSPS) is 12.2. The standard InChI is InChI=1S/C15H18N2O2/c1-3-5-11-6-4-7-12(10-11)15(18)13-8-9-14(19-2)17-16-13/h4,6-10,15,18H,3,5H2,1-2H3. The van der Waals surface area contributed by atoms with Gasteiger partial charge in [0.25, 0.3) is 0 Å². The Bertz CT molecular complexity index is 526. The number of hydrogen-bond acceptors (Lipinski definition) is 4. The van der Waals surface area contributed by atoms with Gasteiger partial charge in [-0.3, -0.25) is 0 Å². The number of aliphatic hydroxyl groups is 1. The second-order valence-corrected chi connectivity index (χ2v) is 4.40. The number of aliphatic hydroxyl groups excluding tert-OH is 1. The number of aryl methyl sites for hydroxylation is 1. The highest BCUT2D eigenvalue weighted by molar-refractivity contribution is 5.30. The molecule has 0 aliphatic heterocycles. The van der Waals surface area contributed by atoms with E-state index in [1.807, 2.05) is 18.2 Å². The van der Waals surface area contributed by atoms with Gasteiger partial charge in [0.2, 0.25) is 5.88 Å². The van der Waals surface area contributed by atoms with E-state index in [9.17, 15) is 5.11 Å². The van der Waals surface area contributed by atoms with Crippen LogP contribution >= 0.6 is 0 Å². The van der Waals surface area contributed by atoms with Gasteiger partial charge in [-0.25, -0.2) is 0 Å². The molecule has 0 saturated heterocycles. The molecule has 0 aliphatic carbocycles. The minimum atomic E-state index is -0.754. The summed E-state index contributed by atoms with van der Waals surface area (Å²) in [5.74, 6) is 0.440. The predicted molar refractivity (Wildman–Crippen MR) is 73.1 cm³/mol. The Balaban J connectivity index is 2.22. The van der Waals surface area contributed by atoms with E-state index in [0.29, 0.717) is 11.6 Å². The van der Waals surface area contributed by atoms with Crippen molar-refractivity contribution in [2.45, 2.75) is 25.9 Å². The smallest absolute Gasteiger partial charge is 0.233 e. The van der Waals surface area contributed by atoms with Crippen LogP contribution in [0.15, 0.2) is 36.4 Å². The summed E-state index contributed by atoms with van der Waals surface area (Å²) >= 11 is 0. The quantitative estimate of drug-likeness (QED) is 0.895. The molecule has 1 unspecified atom stereocenters. The Morgan fingerprint density at radius 1 is 1.21 bits per heavy atom. The zero-order valence-corrected chi connectivity index (χ0v) is 11.2. The third-order valence-electron chi connectivity index (χ3n) is 2.96. The topological polar surface area (TPSA) is 55.2 Å². The summed E-state index contributed by atoms with van der Waals surface area (Å²) in [6, 6.07) is 11.4. The van der Waals surface area contributed by atoms with Crippen molar-refractivity contribution in [3.63, 3.8) is 0 Å². The van der Waals surface area contributed by atoms with Crippen molar-refractivity contribution in [2.24, 2.45) is 0 Å². The fourth-order valence-corrected chi connectivity index (χ4v) is 1.96. The molecule has 1 heterocycles. The molecule has 0 bridgehead atoms. The maximum atomic E-state index is 10.3. The van der Waals surface area contributed by atoms with Gasteiger partial charge in [0.05, 0.1) is 12.8 Å². The zero-order valence-electron chi connectivity index (χ0n) is 11.2. The molecule has 1 aromatic carbocycles. The van der Waals surface area contributed by atoms with Crippen LogP contribution in [0.5, 0.6) is 5.88 Å². The lowest BCUT2D eigenvalue weighted by atomic mass is 10.0. The van der Waals surface area contributed by atoms with Gasteiger partial charge in [-0.1, -0.05) is 37.6 Å². The molecule has 0 radical (unpaired) electrons. The Morgan fingerprint density at radius 3 is 2.68 bits per heavy atom. The van der Waals surface area contributed by atoms with Crippen LogP contribution in [0.3, 0.4) is 0 Å². The van der Waals surface area contributed by atoms with Crippen LogP contribution in [0.4, 0.5) is 0 Å². The minimum absolute atomic E-state index is 0.440. The van der Waals surface area contributed by atoms with Crippen LogP contribution < -0.4 is 4.74 Å². The molecule has 0 amide bonds. The summed E-state index contributed by atoms with van der Waals surface area (Å²) in [5.41, 5.74) is 2.58. The second kappa shape index (κ2) is 6.29. The van der Waals surface area contributed by atoms with Gasteiger partial charge in [-0.15, -0.1) is 10.2 Å². The van der Waals surface area contributed by atoms with Crippen LogP contribution in [0.2, 0.25) is 0 Å². The highest BCUT2D eigenvalue weighted by Crippen LogP contribution is 2.22. The number of nitrogens with zero attached hydrogens (tertiary/aromatic N) is 2. The van der Waals surface area contributed by atoms with E-state index >= 15 is 0 Å². The van der Waals surface area contributed by atoms with E-state index in [2.05, 4.69) is 23.2 Å². The van der Waals surface area contributed by atoms with Gasteiger partial charge >= 0.3 is 0 Å². The van der Waals surface area contributed by atoms with Crippen LogP contribution in [-0.4, -0.2) is 22.4 Å². The molecule has 2 aromatic rings. The maximum absolute atomic E-state index is 10.3. The van der Waals surface area contributed by atoms with Crippen LogP contribution in [-0.2, 0) is 6.42 Å².